The Morgan fingerprint density at radius 2 is 2.09 bits per heavy atom. The summed E-state index contributed by atoms with van der Waals surface area (Å²) in [6.07, 6.45) is 1.51. The molecule has 2 N–H and O–H groups in total. The molecule has 0 radical (unpaired) electrons. The number of hydrogen-bond donors (Lipinski definition) is 1. The van der Waals surface area contributed by atoms with Gasteiger partial charge >= 0.3 is 0 Å². The second kappa shape index (κ2) is 2.47. The van der Waals surface area contributed by atoms with Crippen LogP contribution in [0.2, 0.25) is 0 Å². The first-order valence-corrected chi connectivity index (χ1v) is 4.63. The largest absolute Gasteiger partial charge is 0.315 e. The first-order valence-electron chi connectivity index (χ1n) is 3.08. The monoisotopic (exact) mass is 177 g/mol. The molecule has 0 unspecified atom stereocenters. The highest BCUT2D eigenvalue weighted by Gasteiger charge is 2.22. The molecule has 0 aliphatic carbocycles. The van der Waals surface area contributed by atoms with Crippen molar-refractivity contribution in [2.24, 2.45) is 5.14 Å². The Labute approximate surface area is 66.1 Å². The number of rotatable bonds is 1. The van der Waals surface area contributed by atoms with Crippen molar-refractivity contribution in [3.63, 3.8) is 0 Å². The fourth-order valence-corrected chi connectivity index (χ4v) is 1.51. The average molecular weight is 177 g/mol. The average Bonchev–Trinajstić information content (AvgIpc) is 2.11. The van der Waals surface area contributed by atoms with E-state index in [-0.39, 0.29) is 4.91 Å². The lowest BCUT2D eigenvalue weighted by Gasteiger charge is -2.18. The van der Waals surface area contributed by atoms with Crippen molar-refractivity contribution >= 4 is 10.0 Å². The molecule has 0 bridgehead atoms. The van der Waals surface area contributed by atoms with Crippen LogP contribution in [0.15, 0.2) is 11.1 Å². The third-order valence-electron chi connectivity index (χ3n) is 1.62. The van der Waals surface area contributed by atoms with Crippen molar-refractivity contribution in [1.29, 1.82) is 0 Å². The number of hydrazine groups is 1. The zero-order valence-electron chi connectivity index (χ0n) is 6.48. The molecule has 0 aromatic carbocycles. The van der Waals surface area contributed by atoms with Gasteiger partial charge in [-0.1, -0.05) is 0 Å². The molecule has 0 aromatic rings. The molecule has 0 atom stereocenters. The molecule has 64 valence electrons. The third-order valence-corrected chi connectivity index (χ3v) is 2.58. The summed E-state index contributed by atoms with van der Waals surface area (Å²) < 4.78 is 21.6. The van der Waals surface area contributed by atoms with Crippen LogP contribution >= 0.6 is 0 Å². The Balaban J connectivity index is 2.89. The minimum atomic E-state index is -3.49. The highest BCUT2D eigenvalue weighted by molar-refractivity contribution is 7.93. The van der Waals surface area contributed by atoms with Gasteiger partial charge in [-0.05, 0) is 0 Å². The van der Waals surface area contributed by atoms with Crippen molar-refractivity contribution in [3.8, 4) is 0 Å². The maximum absolute atomic E-state index is 10.8. The summed E-state index contributed by atoms with van der Waals surface area (Å²) in [5, 5.41) is 8.35. The summed E-state index contributed by atoms with van der Waals surface area (Å²) in [5.41, 5.74) is 0. The van der Waals surface area contributed by atoms with Crippen molar-refractivity contribution < 1.29 is 8.42 Å². The SMILES string of the molecule is CN1C=C(S(N)(=O)=O)CN1C. The van der Waals surface area contributed by atoms with Gasteiger partial charge in [-0.25, -0.2) is 18.6 Å². The molecule has 0 saturated carbocycles. The van der Waals surface area contributed by atoms with Crippen LogP contribution in [-0.2, 0) is 10.0 Å². The second-order valence-corrected chi connectivity index (χ2v) is 4.14. The fraction of sp³-hybridized carbons (Fsp3) is 0.600. The standard InChI is InChI=1S/C5H11N3O2S/c1-7-3-5(4-8(7)2)11(6,9)10/h3H,4H2,1-2H3,(H2,6,9,10). The van der Waals surface area contributed by atoms with Gasteiger partial charge < -0.3 is 5.01 Å². The van der Waals surface area contributed by atoms with Crippen LogP contribution in [0.3, 0.4) is 0 Å². The number of sulfonamides is 1. The Bertz CT molecular complexity index is 282. The highest BCUT2D eigenvalue weighted by Crippen LogP contribution is 2.13. The summed E-state index contributed by atoms with van der Waals surface area (Å²) in [6, 6.07) is 0. The topological polar surface area (TPSA) is 66.6 Å². The van der Waals surface area contributed by atoms with Gasteiger partial charge in [0.05, 0.1) is 11.4 Å². The molecule has 0 spiro atoms. The summed E-state index contributed by atoms with van der Waals surface area (Å²) >= 11 is 0. The van der Waals surface area contributed by atoms with Crippen molar-refractivity contribution in [1.82, 2.24) is 10.0 Å². The van der Waals surface area contributed by atoms with E-state index in [2.05, 4.69) is 0 Å². The van der Waals surface area contributed by atoms with E-state index < -0.39 is 10.0 Å². The molecule has 1 rings (SSSR count). The van der Waals surface area contributed by atoms with Crippen molar-refractivity contribution in [3.05, 3.63) is 11.1 Å². The van der Waals surface area contributed by atoms with Crippen LogP contribution in [-0.4, -0.2) is 39.1 Å². The summed E-state index contributed by atoms with van der Waals surface area (Å²) in [4.78, 5) is 0.252. The molecular weight excluding hydrogens is 166 g/mol. The van der Waals surface area contributed by atoms with E-state index in [0.717, 1.165) is 0 Å². The molecule has 11 heavy (non-hydrogen) atoms. The molecule has 1 heterocycles. The zero-order chi connectivity index (χ0) is 8.65. The number of nitrogens with two attached hydrogens (primary N) is 1. The van der Waals surface area contributed by atoms with Gasteiger partial charge in [0.15, 0.2) is 0 Å². The van der Waals surface area contributed by atoms with E-state index in [0.29, 0.717) is 6.54 Å². The molecule has 1 aliphatic heterocycles. The van der Waals surface area contributed by atoms with Crippen molar-refractivity contribution in [2.75, 3.05) is 20.6 Å². The fourth-order valence-electron chi connectivity index (χ4n) is 0.848. The maximum atomic E-state index is 10.8. The lowest BCUT2D eigenvalue weighted by Crippen LogP contribution is -2.28. The normalized spacial score (nSPS) is 20.6. The Morgan fingerprint density at radius 3 is 2.27 bits per heavy atom. The van der Waals surface area contributed by atoms with Crippen LogP contribution in [0.25, 0.3) is 0 Å². The van der Waals surface area contributed by atoms with Crippen LogP contribution in [0.1, 0.15) is 0 Å². The van der Waals surface area contributed by atoms with Gasteiger partial charge in [-0.3, -0.25) is 0 Å². The van der Waals surface area contributed by atoms with E-state index in [9.17, 15) is 8.42 Å². The Morgan fingerprint density at radius 1 is 1.55 bits per heavy atom. The van der Waals surface area contributed by atoms with Gasteiger partial charge in [0.1, 0.15) is 0 Å². The van der Waals surface area contributed by atoms with Crippen LogP contribution < -0.4 is 5.14 Å². The van der Waals surface area contributed by atoms with Gasteiger partial charge in [0, 0.05) is 20.3 Å². The highest BCUT2D eigenvalue weighted by atomic mass is 32.2. The third kappa shape index (κ3) is 1.70. The minimum absolute atomic E-state index is 0.252. The predicted octanol–water partition coefficient (Wildman–Crippen LogP) is -1.09. The maximum Gasteiger partial charge on any atom is 0.237 e. The molecular formula is C5H11N3O2S. The van der Waals surface area contributed by atoms with E-state index in [1.54, 1.807) is 24.1 Å². The Kier molecular flexibility index (Phi) is 1.91. The quantitative estimate of drug-likeness (QED) is 0.552. The van der Waals surface area contributed by atoms with Crippen LogP contribution in [0, 0.1) is 0 Å². The molecule has 6 heteroatoms. The van der Waals surface area contributed by atoms with Crippen LogP contribution in [0.4, 0.5) is 0 Å². The molecule has 0 saturated heterocycles. The first-order chi connectivity index (χ1) is 4.91. The van der Waals surface area contributed by atoms with E-state index in [4.69, 9.17) is 5.14 Å². The summed E-state index contributed by atoms with van der Waals surface area (Å²) in [7, 11) is 0.0579. The van der Waals surface area contributed by atoms with Gasteiger partial charge in [-0.15, -0.1) is 0 Å². The van der Waals surface area contributed by atoms with Crippen LogP contribution in [0.5, 0.6) is 0 Å². The first kappa shape index (κ1) is 8.51. The number of likely N-dealkylation sites (N-methyl/N-ethyl adjacent to an activating group) is 1. The minimum Gasteiger partial charge on any atom is -0.315 e. The number of hydrogen-bond acceptors (Lipinski definition) is 4. The van der Waals surface area contributed by atoms with Crippen molar-refractivity contribution in [2.45, 2.75) is 0 Å². The molecule has 1 aliphatic rings. The Hall–Kier alpha value is -0.590. The smallest absolute Gasteiger partial charge is 0.237 e. The molecule has 0 aromatic heterocycles. The summed E-state index contributed by atoms with van der Waals surface area (Å²) in [5.74, 6) is 0. The second-order valence-electron chi connectivity index (χ2n) is 2.53. The van der Waals surface area contributed by atoms with Gasteiger partial charge in [-0.2, -0.15) is 0 Å². The van der Waals surface area contributed by atoms with Gasteiger partial charge in [0.2, 0.25) is 10.0 Å². The molecule has 0 fully saturated rings. The predicted molar refractivity (Wildman–Crippen MR) is 41.6 cm³/mol. The zero-order valence-corrected chi connectivity index (χ0v) is 7.30. The number of primary sulfonamides is 1. The lowest BCUT2D eigenvalue weighted by molar-refractivity contribution is 0.117. The molecule has 0 amide bonds. The lowest BCUT2D eigenvalue weighted by atomic mass is 10.6. The van der Waals surface area contributed by atoms with E-state index in [1.807, 2.05) is 0 Å². The number of nitrogens with zero attached hydrogens (tertiary/aromatic N) is 2. The van der Waals surface area contributed by atoms with Gasteiger partial charge in [0.25, 0.3) is 0 Å². The summed E-state index contributed by atoms with van der Waals surface area (Å²) in [6.45, 7) is 0.356. The molecule has 5 nitrogen and oxygen atoms in total. The van der Waals surface area contributed by atoms with E-state index in [1.165, 1.54) is 6.20 Å². The van der Waals surface area contributed by atoms with E-state index >= 15 is 0 Å².